The number of esters is 1. The standard InChI is InChI=1S/C12H13NO3/c1-2-16-12(15)10(13)8-11(14)9-6-4-3-5-7-9/h3-8H,2,13H2,1H3/b10-8-. The normalized spacial score (nSPS) is 10.9. The van der Waals surface area contributed by atoms with Gasteiger partial charge in [0, 0.05) is 11.6 Å². The van der Waals surface area contributed by atoms with Crippen LogP contribution in [0, 0.1) is 0 Å². The van der Waals surface area contributed by atoms with Gasteiger partial charge in [0.25, 0.3) is 0 Å². The van der Waals surface area contributed by atoms with Gasteiger partial charge in [-0.05, 0) is 6.92 Å². The Morgan fingerprint density at radius 3 is 2.50 bits per heavy atom. The Morgan fingerprint density at radius 1 is 1.31 bits per heavy atom. The molecule has 4 nitrogen and oxygen atoms in total. The summed E-state index contributed by atoms with van der Waals surface area (Å²) >= 11 is 0. The molecule has 84 valence electrons. The Balaban J connectivity index is 2.77. The topological polar surface area (TPSA) is 69.4 Å². The lowest BCUT2D eigenvalue weighted by atomic mass is 10.1. The van der Waals surface area contributed by atoms with Crippen molar-refractivity contribution in [2.75, 3.05) is 6.61 Å². The highest BCUT2D eigenvalue weighted by molar-refractivity contribution is 6.08. The molecule has 0 saturated carbocycles. The molecule has 1 rings (SSSR count). The quantitative estimate of drug-likeness (QED) is 0.470. The fourth-order valence-electron chi connectivity index (χ4n) is 1.10. The van der Waals surface area contributed by atoms with Crippen LogP contribution < -0.4 is 5.73 Å². The molecule has 1 aromatic rings. The van der Waals surface area contributed by atoms with Gasteiger partial charge in [-0.3, -0.25) is 4.79 Å². The number of hydrogen-bond donors (Lipinski definition) is 1. The monoisotopic (exact) mass is 219 g/mol. The Hall–Kier alpha value is -2.10. The molecule has 0 heterocycles. The smallest absolute Gasteiger partial charge is 0.354 e. The van der Waals surface area contributed by atoms with Gasteiger partial charge in [0.2, 0.25) is 0 Å². The average molecular weight is 219 g/mol. The molecule has 0 fully saturated rings. The first-order chi connectivity index (χ1) is 7.65. The van der Waals surface area contributed by atoms with E-state index in [1.54, 1.807) is 37.3 Å². The van der Waals surface area contributed by atoms with Gasteiger partial charge in [-0.2, -0.15) is 0 Å². The van der Waals surface area contributed by atoms with Crippen molar-refractivity contribution >= 4 is 11.8 Å². The number of ether oxygens (including phenoxy) is 1. The van der Waals surface area contributed by atoms with Crippen LogP contribution in [0.25, 0.3) is 0 Å². The van der Waals surface area contributed by atoms with Crippen LogP contribution in [0.3, 0.4) is 0 Å². The number of benzene rings is 1. The summed E-state index contributed by atoms with van der Waals surface area (Å²) in [6.07, 6.45) is 1.08. The van der Waals surface area contributed by atoms with E-state index in [4.69, 9.17) is 5.73 Å². The molecular formula is C12H13NO3. The lowest BCUT2D eigenvalue weighted by molar-refractivity contribution is -0.138. The van der Waals surface area contributed by atoms with E-state index in [1.807, 2.05) is 0 Å². The molecule has 0 amide bonds. The minimum absolute atomic E-state index is 0.185. The van der Waals surface area contributed by atoms with E-state index < -0.39 is 5.97 Å². The van der Waals surface area contributed by atoms with E-state index in [0.717, 1.165) is 6.08 Å². The average Bonchev–Trinajstić information content (AvgIpc) is 2.30. The fraction of sp³-hybridized carbons (Fsp3) is 0.167. The summed E-state index contributed by atoms with van der Waals surface area (Å²) < 4.78 is 4.66. The Morgan fingerprint density at radius 2 is 1.94 bits per heavy atom. The molecule has 1 aromatic carbocycles. The molecule has 0 aliphatic carbocycles. The summed E-state index contributed by atoms with van der Waals surface area (Å²) in [6, 6.07) is 8.58. The first kappa shape index (κ1) is 12.0. The molecule has 0 aromatic heterocycles. The van der Waals surface area contributed by atoms with Gasteiger partial charge in [-0.1, -0.05) is 30.3 Å². The molecule has 0 unspecified atom stereocenters. The molecular weight excluding hydrogens is 206 g/mol. The van der Waals surface area contributed by atoms with E-state index >= 15 is 0 Å². The number of nitrogens with two attached hydrogens (primary N) is 1. The van der Waals surface area contributed by atoms with Crippen molar-refractivity contribution in [2.45, 2.75) is 6.92 Å². The molecule has 16 heavy (non-hydrogen) atoms. The summed E-state index contributed by atoms with van der Waals surface area (Å²) in [7, 11) is 0. The zero-order valence-electron chi connectivity index (χ0n) is 8.97. The highest BCUT2D eigenvalue weighted by Gasteiger charge is 2.09. The van der Waals surface area contributed by atoms with Crippen LogP contribution in [-0.4, -0.2) is 18.4 Å². The van der Waals surface area contributed by atoms with E-state index in [0.29, 0.717) is 5.56 Å². The summed E-state index contributed by atoms with van der Waals surface area (Å²) in [5.74, 6) is -0.988. The molecule has 0 bridgehead atoms. The minimum Gasteiger partial charge on any atom is -0.461 e. The van der Waals surface area contributed by atoms with Crippen LogP contribution >= 0.6 is 0 Å². The maximum Gasteiger partial charge on any atom is 0.354 e. The largest absolute Gasteiger partial charge is 0.461 e. The predicted octanol–water partition coefficient (Wildman–Crippen LogP) is 1.27. The zero-order chi connectivity index (χ0) is 12.0. The fourth-order valence-corrected chi connectivity index (χ4v) is 1.10. The molecule has 2 N–H and O–H groups in total. The third-order valence-corrected chi connectivity index (χ3v) is 1.86. The van der Waals surface area contributed by atoms with Gasteiger partial charge in [-0.25, -0.2) is 4.79 Å². The number of allylic oxidation sites excluding steroid dienone is 1. The van der Waals surface area contributed by atoms with Crippen LogP contribution in [0.15, 0.2) is 42.1 Å². The molecule has 0 saturated heterocycles. The molecule has 0 aliphatic rings. The first-order valence-electron chi connectivity index (χ1n) is 4.88. The van der Waals surface area contributed by atoms with Crippen molar-refractivity contribution < 1.29 is 14.3 Å². The van der Waals surface area contributed by atoms with Crippen molar-refractivity contribution in [2.24, 2.45) is 5.73 Å². The second kappa shape index (κ2) is 5.70. The second-order valence-corrected chi connectivity index (χ2v) is 3.05. The van der Waals surface area contributed by atoms with Gasteiger partial charge in [0.15, 0.2) is 5.78 Å². The number of carbonyl (C=O) groups is 2. The van der Waals surface area contributed by atoms with Crippen molar-refractivity contribution in [3.63, 3.8) is 0 Å². The van der Waals surface area contributed by atoms with Crippen LogP contribution in [0.1, 0.15) is 17.3 Å². The Kier molecular flexibility index (Phi) is 4.27. The second-order valence-electron chi connectivity index (χ2n) is 3.05. The number of ketones is 1. The molecule has 0 spiro atoms. The van der Waals surface area contributed by atoms with Crippen LogP contribution in [0.2, 0.25) is 0 Å². The van der Waals surface area contributed by atoms with E-state index in [1.165, 1.54) is 0 Å². The van der Waals surface area contributed by atoms with Crippen LogP contribution in [-0.2, 0) is 9.53 Å². The summed E-state index contributed by atoms with van der Waals surface area (Å²) in [5.41, 5.74) is 5.70. The van der Waals surface area contributed by atoms with Crippen molar-refractivity contribution in [1.29, 1.82) is 0 Å². The van der Waals surface area contributed by atoms with Crippen LogP contribution in [0.4, 0.5) is 0 Å². The van der Waals surface area contributed by atoms with Gasteiger partial charge < -0.3 is 10.5 Å². The van der Waals surface area contributed by atoms with Crippen molar-refractivity contribution in [3.8, 4) is 0 Å². The summed E-state index contributed by atoms with van der Waals surface area (Å²) in [4.78, 5) is 22.7. The minimum atomic E-state index is -0.674. The van der Waals surface area contributed by atoms with Crippen LogP contribution in [0.5, 0.6) is 0 Å². The number of carbonyl (C=O) groups excluding carboxylic acids is 2. The maximum absolute atomic E-state index is 11.6. The first-order valence-corrected chi connectivity index (χ1v) is 4.88. The van der Waals surface area contributed by atoms with Gasteiger partial charge in [0.05, 0.1) is 6.61 Å². The lowest BCUT2D eigenvalue weighted by Crippen LogP contribution is -2.16. The molecule has 0 radical (unpaired) electrons. The summed E-state index contributed by atoms with van der Waals surface area (Å²) in [5, 5.41) is 0. The number of rotatable bonds is 4. The van der Waals surface area contributed by atoms with Gasteiger partial charge in [-0.15, -0.1) is 0 Å². The van der Waals surface area contributed by atoms with Crippen molar-refractivity contribution in [3.05, 3.63) is 47.7 Å². The molecule has 0 atom stereocenters. The predicted molar refractivity (Wildman–Crippen MR) is 59.7 cm³/mol. The van der Waals surface area contributed by atoms with E-state index in [2.05, 4.69) is 4.74 Å². The number of hydrogen-bond acceptors (Lipinski definition) is 4. The van der Waals surface area contributed by atoms with E-state index in [9.17, 15) is 9.59 Å². The highest BCUT2D eigenvalue weighted by atomic mass is 16.5. The van der Waals surface area contributed by atoms with Crippen molar-refractivity contribution in [1.82, 2.24) is 0 Å². The molecule has 0 aliphatic heterocycles. The zero-order valence-corrected chi connectivity index (χ0v) is 8.97. The van der Waals surface area contributed by atoms with Gasteiger partial charge >= 0.3 is 5.97 Å². The Bertz CT molecular complexity index is 410. The SMILES string of the molecule is CCOC(=O)/C(N)=C/C(=O)c1ccccc1. The maximum atomic E-state index is 11.6. The third-order valence-electron chi connectivity index (χ3n) is 1.86. The Labute approximate surface area is 93.7 Å². The molecule has 4 heteroatoms. The third kappa shape index (κ3) is 3.24. The summed E-state index contributed by atoms with van der Waals surface area (Å²) in [6.45, 7) is 1.90. The lowest BCUT2D eigenvalue weighted by Gasteiger charge is -2.01. The highest BCUT2D eigenvalue weighted by Crippen LogP contribution is 2.02. The van der Waals surface area contributed by atoms with E-state index in [-0.39, 0.29) is 18.1 Å². The van der Waals surface area contributed by atoms with Gasteiger partial charge in [0.1, 0.15) is 5.70 Å².